The zero-order chi connectivity index (χ0) is 13.8. The third-order valence-electron chi connectivity index (χ3n) is 3.40. The van der Waals surface area contributed by atoms with E-state index < -0.39 is 0 Å². The first-order chi connectivity index (χ1) is 9.15. The van der Waals surface area contributed by atoms with E-state index in [0.29, 0.717) is 17.1 Å². The lowest BCUT2D eigenvalue weighted by atomic mass is 10.1. The van der Waals surface area contributed by atoms with Gasteiger partial charge in [0.1, 0.15) is 0 Å². The molecule has 1 fully saturated rings. The Balaban J connectivity index is 2.18. The number of carbonyl (C=O) groups excluding carboxylic acids is 1. The van der Waals surface area contributed by atoms with E-state index in [1.54, 1.807) is 24.9 Å². The number of ether oxygens (including phenoxy) is 1. The number of rotatable bonds is 3. The first kappa shape index (κ1) is 14.7. The fourth-order valence-electron chi connectivity index (χ4n) is 2.28. The second-order valence-corrected chi connectivity index (χ2v) is 5.88. The summed E-state index contributed by atoms with van der Waals surface area (Å²) >= 11 is 7.76. The van der Waals surface area contributed by atoms with Gasteiger partial charge in [-0.3, -0.25) is 4.79 Å². The molecular formula is C14H18ClNO2S. The first-order valence-electron chi connectivity index (χ1n) is 6.31. The van der Waals surface area contributed by atoms with Gasteiger partial charge in [0.05, 0.1) is 16.7 Å². The maximum absolute atomic E-state index is 12.5. The molecule has 2 rings (SSSR count). The van der Waals surface area contributed by atoms with Crippen molar-refractivity contribution in [3.63, 3.8) is 0 Å². The molecule has 1 heterocycles. The number of hydrogen-bond donors (Lipinski definition) is 0. The van der Waals surface area contributed by atoms with Crippen LogP contribution in [0.2, 0.25) is 5.02 Å². The number of carbonyl (C=O) groups is 1. The number of methoxy groups -OCH3 is 1. The summed E-state index contributed by atoms with van der Waals surface area (Å²) in [5.41, 5.74) is 0.588. The zero-order valence-electron chi connectivity index (χ0n) is 11.2. The van der Waals surface area contributed by atoms with Crippen LogP contribution in [-0.2, 0) is 4.74 Å². The molecule has 1 amide bonds. The molecular weight excluding hydrogens is 282 g/mol. The topological polar surface area (TPSA) is 29.5 Å². The Morgan fingerprint density at radius 3 is 3.00 bits per heavy atom. The Kier molecular flexibility index (Phi) is 5.13. The van der Waals surface area contributed by atoms with Gasteiger partial charge in [0.25, 0.3) is 5.91 Å². The van der Waals surface area contributed by atoms with Crippen molar-refractivity contribution in [1.29, 1.82) is 0 Å². The van der Waals surface area contributed by atoms with E-state index in [2.05, 4.69) is 0 Å². The SMILES string of the molecule is COC1CCCN(C(=O)c2cc(SC)ccc2Cl)C1. The van der Waals surface area contributed by atoms with Crippen LogP contribution in [0.15, 0.2) is 23.1 Å². The van der Waals surface area contributed by atoms with E-state index in [4.69, 9.17) is 16.3 Å². The highest BCUT2D eigenvalue weighted by molar-refractivity contribution is 7.98. The molecule has 3 nitrogen and oxygen atoms in total. The van der Waals surface area contributed by atoms with Gasteiger partial charge in [0.2, 0.25) is 0 Å². The summed E-state index contributed by atoms with van der Waals surface area (Å²) in [6.07, 6.45) is 4.11. The highest BCUT2D eigenvalue weighted by atomic mass is 35.5. The Morgan fingerprint density at radius 1 is 1.53 bits per heavy atom. The van der Waals surface area contributed by atoms with Crippen LogP contribution < -0.4 is 0 Å². The van der Waals surface area contributed by atoms with Gasteiger partial charge in [-0.2, -0.15) is 0 Å². The molecule has 1 unspecified atom stereocenters. The molecule has 0 radical (unpaired) electrons. The summed E-state index contributed by atoms with van der Waals surface area (Å²) < 4.78 is 5.35. The van der Waals surface area contributed by atoms with E-state index in [1.165, 1.54) is 0 Å². The van der Waals surface area contributed by atoms with Crippen molar-refractivity contribution in [3.05, 3.63) is 28.8 Å². The highest BCUT2D eigenvalue weighted by Crippen LogP contribution is 2.25. The van der Waals surface area contributed by atoms with Crippen molar-refractivity contribution in [2.45, 2.75) is 23.8 Å². The van der Waals surface area contributed by atoms with Gasteiger partial charge in [0.15, 0.2) is 0 Å². The molecule has 1 aliphatic heterocycles. The minimum atomic E-state index is 0.00245. The standard InChI is InChI=1S/C14H18ClNO2S/c1-18-10-4-3-7-16(9-10)14(17)12-8-11(19-2)5-6-13(12)15/h5-6,8,10H,3-4,7,9H2,1-2H3. The number of hydrogen-bond acceptors (Lipinski definition) is 3. The van der Waals surface area contributed by atoms with Gasteiger partial charge in [0, 0.05) is 25.1 Å². The van der Waals surface area contributed by atoms with Crippen LogP contribution in [0.3, 0.4) is 0 Å². The molecule has 1 aromatic carbocycles. The Bertz CT molecular complexity index is 467. The fourth-order valence-corrected chi connectivity index (χ4v) is 2.92. The van der Waals surface area contributed by atoms with Gasteiger partial charge in [-0.25, -0.2) is 0 Å². The second kappa shape index (κ2) is 6.64. The Labute approximate surface area is 123 Å². The predicted octanol–water partition coefficient (Wildman–Crippen LogP) is 3.31. The summed E-state index contributed by atoms with van der Waals surface area (Å²) in [6, 6.07) is 5.59. The summed E-state index contributed by atoms with van der Waals surface area (Å²) in [5, 5.41) is 0.516. The predicted molar refractivity (Wildman–Crippen MR) is 79.2 cm³/mol. The third-order valence-corrected chi connectivity index (χ3v) is 4.46. The Hall–Kier alpha value is -0.710. The first-order valence-corrected chi connectivity index (χ1v) is 7.91. The van der Waals surface area contributed by atoms with Crippen molar-refractivity contribution >= 4 is 29.3 Å². The number of halogens is 1. The van der Waals surface area contributed by atoms with Gasteiger partial charge in [-0.15, -0.1) is 11.8 Å². The lowest BCUT2D eigenvalue weighted by Gasteiger charge is -2.32. The molecule has 1 atom stereocenters. The van der Waals surface area contributed by atoms with Gasteiger partial charge >= 0.3 is 0 Å². The molecule has 19 heavy (non-hydrogen) atoms. The maximum atomic E-state index is 12.5. The van der Waals surface area contributed by atoms with Crippen LogP contribution >= 0.6 is 23.4 Å². The number of thioether (sulfide) groups is 1. The van der Waals surface area contributed by atoms with E-state index in [0.717, 1.165) is 24.3 Å². The lowest BCUT2D eigenvalue weighted by Crippen LogP contribution is -2.43. The van der Waals surface area contributed by atoms with Gasteiger partial charge < -0.3 is 9.64 Å². The largest absolute Gasteiger partial charge is 0.380 e. The average Bonchev–Trinajstić information content (AvgIpc) is 2.47. The smallest absolute Gasteiger partial charge is 0.255 e. The van der Waals surface area contributed by atoms with Gasteiger partial charge in [-0.05, 0) is 37.3 Å². The van der Waals surface area contributed by atoms with Crippen LogP contribution in [-0.4, -0.2) is 43.4 Å². The zero-order valence-corrected chi connectivity index (χ0v) is 12.8. The molecule has 0 spiro atoms. The number of amides is 1. The molecule has 0 aromatic heterocycles. The summed E-state index contributed by atoms with van der Waals surface area (Å²) in [7, 11) is 1.69. The summed E-state index contributed by atoms with van der Waals surface area (Å²) in [4.78, 5) is 15.4. The monoisotopic (exact) mass is 299 g/mol. The highest BCUT2D eigenvalue weighted by Gasteiger charge is 2.25. The van der Waals surface area contributed by atoms with Crippen LogP contribution in [0.5, 0.6) is 0 Å². The molecule has 0 saturated carbocycles. The van der Waals surface area contributed by atoms with E-state index in [9.17, 15) is 4.79 Å². The number of benzene rings is 1. The molecule has 0 bridgehead atoms. The fraction of sp³-hybridized carbons (Fsp3) is 0.500. The average molecular weight is 300 g/mol. The summed E-state index contributed by atoms with van der Waals surface area (Å²) in [6.45, 7) is 1.42. The number of piperidine rings is 1. The number of nitrogens with zero attached hydrogens (tertiary/aromatic N) is 1. The normalized spacial score (nSPS) is 19.5. The quantitative estimate of drug-likeness (QED) is 0.802. The van der Waals surface area contributed by atoms with Crippen LogP contribution in [0, 0.1) is 0 Å². The molecule has 0 N–H and O–H groups in total. The summed E-state index contributed by atoms with van der Waals surface area (Å²) in [5.74, 6) is 0.00245. The van der Waals surface area contributed by atoms with Crippen LogP contribution in [0.4, 0.5) is 0 Å². The van der Waals surface area contributed by atoms with Crippen molar-refractivity contribution < 1.29 is 9.53 Å². The van der Waals surface area contributed by atoms with Crippen molar-refractivity contribution in [3.8, 4) is 0 Å². The Morgan fingerprint density at radius 2 is 2.32 bits per heavy atom. The molecule has 1 aromatic rings. The molecule has 0 aliphatic carbocycles. The van der Waals surface area contributed by atoms with Crippen molar-refractivity contribution in [1.82, 2.24) is 4.90 Å². The maximum Gasteiger partial charge on any atom is 0.255 e. The van der Waals surface area contributed by atoms with Crippen LogP contribution in [0.1, 0.15) is 23.2 Å². The second-order valence-electron chi connectivity index (χ2n) is 4.60. The van der Waals surface area contributed by atoms with Crippen LogP contribution in [0.25, 0.3) is 0 Å². The van der Waals surface area contributed by atoms with E-state index >= 15 is 0 Å². The van der Waals surface area contributed by atoms with E-state index in [-0.39, 0.29) is 12.0 Å². The number of likely N-dealkylation sites (tertiary alicyclic amines) is 1. The molecule has 5 heteroatoms. The molecule has 104 valence electrons. The molecule has 1 saturated heterocycles. The van der Waals surface area contributed by atoms with Gasteiger partial charge in [-0.1, -0.05) is 11.6 Å². The van der Waals surface area contributed by atoms with E-state index in [1.807, 2.05) is 23.3 Å². The third kappa shape index (κ3) is 3.44. The minimum Gasteiger partial charge on any atom is -0.380 e. The van der Waals surface area contributed by atoms with Crippen molar-refractivity contribution in [2.24, 2.45) is 0 Å². The lowest BCUT2D eigenvalue weighted by molar-refractivity contribution is 0.0269. The minimum absolute atomic E-state index is 0.00245. The van der Waals surface area contributed by atoms with Crippen molar-refractivity contribution in [2.75, 3.05) is 26.5 Å². The molecule has 1 aliphatic rings.